The van der Waals surface area contributed by atoms with Crippen molar-refractivity contribution in [2.45, 2.75) is 12.6 Å². The monoisotopic (exact) mass is 478 g/mol. The molecule has 34 heavy (non-hydrogen) atoms. The number of amides is 1. The number of benzene rings is 3. The summed E-state index contributed by atoms with van der Waals surface area (Å²) in [6.45, 7) is 0.854. The summed E-state index contributed by atoms with van der Waals surface area (Å²) in [6, 6.07) is 20.4. The van der Waals surface area contributed by atoms with Crippen LogP contribution in [0.3, 0.4) is 0 Å². The van der Waals surface area contributed by atoms with Crippen molar-refractivity contribution in [3.63, 3.8) is 0 Å². The Bertz CT molecular complexity index is 1320. The number of aromatic nitrogens is 1. The molecule has 0 aliphatic carbocycles. The molecular weight excluding hydrogens is 459 g/mol. The van der Waals surface area contributed by atoms with E-state index in [4.69, 9.17) is 20.9 Å². The summed E-state index contributed by atoms with van der Waals surface area (Å²) in [7, 11) is 0. The molecule has 1 aliphatic rings. The summed E-state index contributed by atoms with van der Waals surface area (Å²) in [5.41, 5.74) is 2.54. The smallest absolute Gasteiger partial charge is 0.292 e. The summed E-state index contributed by atoms with van der Waals surface area (Å²) in [4.78, 5) is 14.7. The molecule has 0 saturated heterocycles. The Morgan fingerprint density at radius 1 is 1.09 bits per heavy atom. The number of carbonyl (C=O) groups excluding carboxylic acids is 1. The van der Waals surface area contributed by atoms with Crippen LogP contribution in [0.25, 0.3) is 11.3 Å². The molecule has 1 aromatic heterocycles. The van der Waals surface area contributed by atoms with Crippen molar-refractivity contribution < 1.29 is 23.6 Å². The van der Waals surface area contributed by atoms with Crippen LogP contribution in [0.15, 0.2) is 77.3 Å². The van der Waals surface area contributed by atoms with Crippen LogP contribution in [0.1, 0.15) is 33.3 Å². The second kappa shape index (κ2) is 9.29. The van der Waals surface area contributed by atoms with Crippen LogP contribution in [0, 0.1) is 5.82 Å². The molecule has 0 radical (unpaired) electrons. The summed E-state index contributed by atoms with van der Waals surface area (Å²) in [5.74, 6) is -0.207. The van der Waals surface area contributed by atoms with Gasteiger partial charge in [-0.15, -0.1) is 0 Å². The molecule has 172 valence electrons. The second-order valence-electron chi connectivity index (χ2n) is 7.92. The zero-order chi connectivity index (χ0) is 23.7. The van der Waals surface area contributed by atoms with Gasteiger partial charge in [-0.05, 0) is 29.8 Å². The van der Waals surface area contributed by atoms with Crippen LogP contribution >= 0.6 is 11.6 Å². The van der Waals surface area contributed by atoms with Crippen molar-refractivity contribution in [2.24, 2.45) is 0 Å². The lowest BCUT2D eigenvalue weighted by Gasteiger charge is -2.19. The number of halogens is 2. The Balaban J connectivity index is 1.40. The molecule has 4 aromatic rings. The van der Waals surface area contributed by atoms with Crippen LogP contribution in [0.5, 0.6) is 5.75 Å². The Hall–Kier alpha value is -3.68. The van der Waals surface area contributed by atoms with Gasteiger partial charge in [0, 0.05) is 34.3 Å². The molecule has 0 bridgehead atoms. The van der Waals surface area contributed by atoms with Gasteiger partial charge >= 0.3 is 0 Å². The molecule has 3 aromatic carbocycles. The van der Waals surface area contributed by atoms with Gasteiger partial charge in [0.25, 0.3) is 5.91 Å². The van der Waals surface area contributed by atoms with Gasteiger partial charge in [0.2, 0.25) is 5.76 Å². The molecule has 1 N–H and O–H groups in total. The fraction of sp³-hybridized carbons (Fsp3) is 0.154. The van der Waals surface area contributed by atoms with Crippen molar-refractivity contribution >= 4 is 17.5 Å². The third-order valence-corrected chi connectivity index (χ3v) is 6.06. The first-order valence-electron chi connectivity index (χ1n) is 10.7. The van der Waals surface area contributed by atoms with E-state index in [2.05, 4.69) is 5.16 Å². The third kappa shape index (κ3) is 4.27. The molecule has 5 rings (SSSR count). The summed E-state index contributed by atoms with van der Waals surface area (Å²) < 4.78 is 25.5. The number of carbonyl (C=O) groups is 1. The minimum Gasteiger partial charge on any atom is -0.491 e. The topological polar surface area (TPSA) is 75.8 Å². The van der Waals surface area contributed by atoms with E-state index in [1.807, 2.05) is 30.3 Å². The summed E-state index contributed by atoms with van der Waals surface area (Å²) in [5, 5.41) is 15.0. The first-order valence-corrected chi connectivity index (χ1v) is 11.1. The Labute approximate surface area is 200 Å². The molecule has 1 amide bonds. The highest BCUT2D eigenvalue weighted by Crippen LogP contribution is 2.34. The average molecular weight is 479 g/mol. The van der Waals surface area contributed by atoms with Crippen molar-refractivity contribution in [1.29, 1.82) is 0 Å². The highest BCUT2D eigenvalue weighted by atomic mass is 35.5. The maximum absolute atomic E-state index is 14.3. The zero-order valence-corrected chi connectivity index (χ0v) is 18.7. The predicted octanol–water partition coefficient (Wildman–Crippen LogP) is 5.25. The Morgan fingerprint density at radius 3 is 2.71 bits per heavy atom. The van der Waals surface area contributed by atoms with E-state index in [9.17, 15) is 14.3 Å². The fourth-order valence-electron chi connectivity index (χ4n) is 3.97. The molecule has 2 heterocycles. The molecule has 0 unspecified atom stereocenters. The van der Waals surface area contributed by atoms with E-state index >= 15 is 0 Å². The van der Waals surface area contributed by atoms with Gasteiger partial charge < -0.3 is 19.3 Å². The lowest BCUT2D eigenvalue weighted by atomic mass is 9.98. The first kappa shape index (κ1) is 22.1. The van der Waals surface area contributed by atoms with Gasteiger partial charge in [-0.2, -0.15) is 0 Å². The average Bonchev–Trinajstić information content (AvgIpc) is 3.24. The highest BCUT2D eigenvalue weighted by molar-refractivity contribution is 6.31. The first-order chi connectivity index (χ1) is 16.5. The normalized spacial score (nSPS) is 14.1. The number of aliphatic hydroxyl groups is 1. The van der Waals surface area contributed by atoms with Crippen LogP contribution < -0.4 is 4.74 Å². The SMILES string of the molecule is O=C(c1cc(-c2ccccc2)no1)N1CCOc2ccc([C@H](O)c3c(F)cccc3Cl)cc2C1. The van der Waals surface area contributed by atoms with E-state index in [1.54, 1.807) is 29.2 Å². The molecule has 0 saturated carbocycles. The van der Waals surface area contributed by atoms with E-state index in [0.717, 1.165) is 5.56 Å². The van der Waals surface area contributed by atoms with Crippen LogP contribution in [0.4, 0.5) is 4.39 Å². The molecule has 1 aliphatic heterocycles. The van der Waals surface area contributed by atoms with Crippen molar-refractivity contribution in [3.8, 4) is 17.0 Å². The van der Waals surface area contributed by atoms with Crippen LogP contribution in [-0.4, -0.2) is 34.2 Å². The van der Waals surface area contributed by atoms with Gasteiger partial charge in [0.15, 0.2) is 0 Å². The number of hydrogen-bond acceptors (Lipinski definition) is 5. The second-order valence-corrected chi connectivity index (χ2v) is 8.33. The van der Waals surface area contributed by atoms with Gasteiger partial charge in [0.05, 0.1) is 6.54 Å². The van der Waals surface area contributed by atoms with Gasteiger partial charge in [-0.3, -0.25) is 4.79 Å². The number of hydrogen-bond donors (Lipinski definition) is 1. The molecule has 1 atom stereocenters. The van der Waals surface area contributed by atoms with Crippen molar-refractivity contribution in [3.05, 3.63) is 106 Å². The van der Waals surface area contributed by atoms with E-state index in [-0.39, 0.29) is 28.8 Å². The fourth-order valence-corrected chi connectivity index (χ4v) is 4.24. The lowest BCUT2D eigenvalue weighted by Crippen LogP contribution is -2.32. The largest absolute Gasteiger partial charge is 0.491 e. The number of nitrogens with zero attached hydrogens (tertiary/aromatic N) is 2. The Kier molecular flexibility index (Phi) is 6.04. The molecule has 8 heteroatoms. The minimum absolute atomic E-state index is 0.00157. The maximum Gasteiger partial charge on any atom is 0.292 e. The lowest BCUT2D eigenvalue weighted by molar-refractivity contribution is 0.0691. The van der Waals surface area contributed by atoms with Crippen molar-refractivity contribution in [2.75, 3.05) is 13.2 Å². The predicted molar refractivity (Wildman–Crippen MR) is 124 cm³/mol. The molecular formula is C26H20ClFN2O4. The zero-order valence-electron chi connectivity index (χ0n) is 17.9. The number of ether oxygens (including phenoxy) is 1. The molecule has 0 spiro atoms. The van der Waals surface area contributed by atoms with Crippen LogP contribution in [-0.2, 0) is 6.54 Å². The Morgan fingerprint density at radius 2 is 1.91 bits per heavy atom. The molecule has 0 fully saturated rings. The third-order valence-electron chi connectivity index (χ3n) is 5.73. The quantitative estimate of drug-likeness (QED) is 0.433. The summed E-state index contributed by atoms with van der Waals surface area (Å²) in [6.07, 6.45) is -1.27. The molecule has 6 nitrogen and oxygen atoms in total. The van der Waals surface area contributed by atoms with E-state index < -0.39 is 11.9 Å². The van der Waals surface area contributed by atoms with Crippen molar-refractivity contribution in [1.82, 2.24) is 10.1 Å². The highest BCUT2D eigenvalue weighted by Gasteiger charge is 2.26. The number of fused-ring (bicyclic) bond motifs is 1. The summed E-state index contributed by atoms with van der Waals surface area (Å²) >= 11 is 6.13. The van der Waals surface area contributed by atoms with Crippen LogP contribution in [0.2, 0.25) is 5.02 Å². The van der Waals surface area contributed by atoms with E-state index in [1.165, 1.54) is 18.2 Å². The van der Waals surface area contributed by atoms with Gasteiger partial charge in [0.1, 0.15) is 30.0 Å². The van der Waals surface area contributed by atoms with Gasteiger partial charge in [-0.25, -0.2) is 4.39 Å². The minimum atomic E-state index is -1.27. The van der Waals surface area contributed by atoms with Gasteiger partial charge in [-0.1, -0.05) is 59.2 Å². The number of aliphatic hydroxyl groups excluding tert-OH is 1. The number of rotatable bonds is 4. The van der Waals surface area contributed by atoms with E-state index in [0.29, 0.717) is 35.7 Å². The maximum atomic E-state index is 14.3. The standard InChI is InChI=1S/C26H20ClFN2O4/c27-19-7-4-8-20(28)24(19)25(31)17-9-10-22-18(13-17)15-30(11-12-33-22)26(32)23-14-21(29-34-23)16-5-2-1-3-6-16/h1-10,13-14,25,31H,11-12,15H2/t25-/m0/s1.